The maximum absolute atomic E-state index is 13.4. The van der Waals surface area contributed by atoms with Crippen molar-refractivity contribution in [3.63, 3.8) is 0 Å². The molecule has 8 nitrogen and oxygen atoms in total. The highest BCUT2D eigenvalue weighted by atomic mass is 16.7. The maximum atomic E-state index is 13.4. The molecule has 1 aromatic heterocycles. The van der Waals surface area contributed by atoms with Crippen LogP contribution in [-0.4, -0.2) is 41.3 Å². The van der Waals surface area contributed by atoms with Gasteiger partial charge in [-0.05, 0) is 48.7 Å². The number of epoxide rings is 1. The molecule has 0 N–H and O–H groups in total. The number of ether oxygens (including phenoxy) is 3. The quantitative estimate of drug-likeness (QED) is 0.316. The third-order valence-corrected chi connectivity index (χ3v) is 11.3. The number of allylic oxidation sites excluding steroid dienone is 2. The van der Waals surface area contributed by atoms with E-state index in [1.54, 1.807) is 12.1 Å². The first-order chi connectivity index (χ1) is 17.7. The van der Waals surface area contributed by atoms with E-state index in [1.165, 1.54) is 20.1 Å². The van der Waals surface area contributed by atoms with Crippen LogP contribution in [0.2, 0.25) is 0 Å². The van der Waals surface area contributed by atoms with Crippen LogP contribution in [0.3, 0.4) is 0 Å². The van der Waals surface area contributed by atoms with Crippen LogP contribution < -0.4 is 0 Å². The van der Waals surface area contributed by atoms with Gasteiger partial charge in [-0.1, -0.05) is 40.7 Å². The fourth-order valence-corrected chi connectivity index (χ4v) is 9.56. The zero-order valence-corrected chi connectivity index (χ0v) is 23.1. The van der Waals surface area contributed by atoms with Crippen LogP contribution in [0.25, 0.3) is 0 Å². The SMILES string of the molecule is CC(=O)O[C@@H]1CC2C(C)(C)C(=O)C=C[C@]2(C)C2CC[C@@]3(C)[C@H](c4ccoc4C(C)=O)OC(=O)[C@H]4O[C@]43[C@@]21C. The summed E-state index contributed by atoms with van der Waals surface area (Å²) in [7, 11) is 0. The zero-order chi connectivity index (χ0) is 27.6. The molecule has 6 rings (SSSR count). The molecule has 2 aliphatic heterocycles. The van der Waals surface area contributed by atoms with E-state index in [4.69, 9.17) is 18.6 Å². The number of Topliss-reactive ketones (excluding diaryl/α,β-unsaturated/α-hetero) is 1. The molecular weight excluding hydrogens is 488 g/mol. The topological polar surface area (TPSA) is 112 Å². The Bertz CT molecular complexity index is 1300. The van der Waals surface area contributed by atoms with Gasteiger partial charge in [-0.2, -0.15) is 0 Å². The molecule has 4 fully saturated rings. The van der Waals surface area contributed by atoms with Gasteiger partial charge in [0.15, 0.2) is 23.4 Å². The van der Waals surface area contributed by atoms with E-state index in [9.17, 15) is 19.2 Å². The van der Waals surface area contributed by atoms with Gasteiger partial charge in [0.2, 0.25) is 0 Å². The van der Waals surface area contributed by atoms with Crippen LogP contribution in [0, 0.1) is 33.5 Å². The minimum absolute atomic E-state index is 0.0389. The number of hydrogen-bond acceptors (Lipinski definition) is 8. The van der Waals surface area contributed by atoms with Crippen molar-refractivity contribution in [3.8, 4) is 0 Å². The number of esters is 2. The molecule has 1 aromatic rings. The number of hydrogen-bond donors (Lipinski definition) is 0. The van der Waals surface area contributed by atoms with Gasteiger partial charge in [0.05, 0.1) is 6.26 Å². The van der Waals surface area contributed by atoms with Crippen LogP contribution in [0.1, 0.15) is 90.0 Å². The van der Waals surface area contributed by atoms with Crippen LogP contribution in [-0.2, 0) is 28.6 Å². The third-order valence-electron chi connectivity index (χ3n) is 11.3. The summed E-state index contributed by atoms with van der Waals surface area (Å²) in [5, 5.41) is 0. The molecule has 1 spiro atoms. The Balaban J connectivity index is 1.55. The Morgan fingerprint density at radius 3 is 2.39 bits per heavy atom. The molecule has 0 radical (unpaired) electrons. The first-order valence-electron chi connectivity index (χ1n) is 13.5. The van der Waals surface area contributed by atoms with Gasteiger partial charge in [0.1, 0.15) is 17.8 Å². The van der Waals surface area contributed by atoms with Gasteiger partial charge < -0.3 is 18.6 Å². The Kier molecular flexibility index (Phi) is 5.01. The molecule has 38 heavy (non-hydrogen) atoms. The Morgan fingerprint density at radius 2 is 1.74 bits per heavy atom. The monoisotopic (exact) mass is 524 g/mol. The van der Waals surface area contributed by atoms with Crippen LogP contribution >= 0.6 is 0 Å². The van der Waals surface area contributed by atoms with Gasteiger partial charge in [0.25, 0.3) is 0 Å². The van der Waals surface area contributed by atoms with Crippen molar-refractivity contribution in [2.24, 2.45) is 33.5 Å². The molecule has 2 saturated heterocycles. The van der Waals surface area contributed by atoms with Crippen molar-refractivity contribution in [1.82, 2.24) is 0 Å². The van der Waals surface area contributed by atoms with Gasteiger partial charge in [-0.25, -0.2) is 4.79 Å². The van der Waals surface area contributed by atoms with E-state index in [1.807, 2.05) is 13.8 Å². The Labute approximate surface area is 222 Å². The summed E-state index contributed by atoms with van der Waals surface area (Å²) < 4.78 is 24.2. The number of cyclic esters (lactones) is 1. The largest absolute Gasteiger partial charge is 0.462 e. The lowest BCUT2D eigenvalue weighted by Crippen LogP contribution is -2.72. The van der Waals surface area contributed by atoms with Gasteiger partial charge in [-0.3, -0.25) is 14.4 Å². The maximum Gasteiger partial charge on any atom is 0.339 e. The highest BCUT2D eigenvalue weighted by molar-refractivity contribution is 5.96. The van der Waals surface area contributed by atoms with E-state index < -0.39 is 52.1 Å². The lowest BCUT2D eigenvalue weighted by molar-refractivity contribution is -0.251. The number of furan rings is 1. The number of rotatable bonds is 3. The molecule has 3 heterocycles. The standard InChI is InChI=1S/C30H36O8/c1-15(31)22-17(10-13-35-22)23-28(6)12-8-18-27(5)11-9-20(33)26(3,4)19(27)14-21(36-16(2)32)29(18,7)30(28)24(38-30)25(34)37-23/h9-11,13,18-19,21,23-24H,8,12,14H2,1-7H3/t18?,19?,21-,23+,24-,27-,28+,29+,30-/m1/s1. The first kappa shape index (κ1) is 25.5. The first-order valence-corrected chi connectivity index (χ1v) is 13.5. The second-order valence-electron chi connectivity index (χ2n) is 13.3. The molecule has 0 amide bonds. The molecule has 0 aromatic carbocycles. The fraction of sp³-hybridized carbons (Fsp3) is 0.667. The molecular formula is C30H36O8. The third kappa shape index (κ3) is 2.75. The average Bonchev–Trinajstić information content (AvgIpc) is 3.43. The molecule has 2 unspecified atom stereocenters. The minimum Gasteiger partial charge on any atom is -0.462 e. The Hall–Kier alpha value is -2.74. The molecule has 204 valence electrons. The van der Waals surface area contributed by atoms with Gasteiger partial charge in [0, 0.05) is 35.7 Å². The highest BCUT2D eigenvalue weighted by Gasteiger charge is 2.88. The molecule has 5 aliphatic rings. The van der Waals surface area contributed by atoms with E-state index in [0.717, 1.165) is 6.42 Å². The molecule has 8 heteroatoms. The second kappa shape index (κ2) is 7.46. The summed E-state index contributed by atoms with van der Waals surface area (Å²) in [6, 6.07) is 1.70. The van der Waals surface area contributed by atoms with E-state index in [0.29, 0.717) is 18.4 Å². The summed E-state index contributed by atoms with van der Waals surface area (Å²) in [5.41, 5.74) is -2.94. The summed E-state index contributed by atoms with van der Waals surface area (Å²) >= 11 is 0. The van der Waals surface area contributed by atoms with Crippen molar-refractivity contribution in [1.29, 1.82) is 0 Å². The van der Waals surface area contributed by atoms with Crippen molar-refractivity contribution in [3.05, 3.63) is 35.8 Å². The summed E-state index contributed by atoms with van der Waals surface area (Å²) in [6.07, 6.45) is 4.95. The summed E-state index contributed by atoms with van der Waals surface area (Å²) in [4.78, 5) is 51.4. The van der Waals surface area contributed by atoms with Crippen molar-refractivity contribution < 1.29 is 37.8 Å². The smallest absolute Gasteiger partial charge is 0.339 e. The molecule has 2 saturated carbocycles. The molecule has 9 atom stereocenters. The summed E-state index contributed by atoms with van der Waals surface area (Å²) in [5.74, 6) is -0.981. The van der Waals surface area contributed by atoms with Crippen LogP contribution in [0.4, 0.5) is 0 Å². The number of carbonyl (C=O) groups excluding carboxylic acids is 4. The predicted octanol–water partition coefficient (Wildman–Crippen LogP) is 4.76. The number of carbonyl (C=O) groups is 4. The normalized spacial score (nSPS) is 46.1. The second-order valence-corrected chi connectivity index (χ2v) is 13.3. The van der Waals surface area contributed by atoms with Crippen molar-refractivity contribution in [2.45, 2.75) is 91.6 Å². The molecule has 0 bridgehead atoms. The lowest BCUT2D eigenvalue weighted by Gasteiger charge is -2.68. The van der Waals surface area contributed by atoms with Crippen LogP contribution in [0.5, 0.6) is 0 Å². The summed E-state index contributed by atoms with van der Waals surface area (Å²) in [6.45, 7) is 13.1. The predicted molar refractivity (Wildman–Crippen MR) is 134 cm³/mol. The van der Waals surface area contributed by atoms with Gasteiger partial charge in [-0.15, -0.1) is 0 Å². The average molecular weight is 525 g/mol. The van der Waals surface area contributed by atoms with Crippen molar-refractivity contribution in [2.75, 3.05) is 0 Å². The van der Waals surface area contributed by atoms with E-state index in [2.05, 4.69) is 26.8 Å². The van der Waals surface area contributed by atoms with Crippen LogP contribution in [0.15, 0.2) is 28.9 Å². The lowest BCUT2D eigenvalue weighted by atomic mass is 9.35. The number of ketones is 2. The zero-order valence-electron chi connectivity index (χ0n) is 23.1. The Morgan fingerprint density at radius 1 is 1.03 bits per heavy atom. The molecule has 3 aliphatic carbocycles. The fourth-order valence-electron chi connectivity index (χ4n) is 9.56. The van der Waals surface area contributed by atoms with E-state index in [-0.39, 0.29) is 34.6 Å². The minimum atomic E-state index is -0.984. The van der Waals surface area contributed by atoms with Gasteiger partial charge >= 0.3 is 11.9 Å². The van der Waals surface area contributed by atoms with E-state index >= 15 is 0 Å². The highest BCUT2D eigenvalue weighted by Crippen LogP contribution is 2.79. The number of fused-ring (bicyclic) bond motifs is 3. The van der Waals surface area contributed by atoms with Crippen molar-refractivity contribution >= 4 is 23.5 Å².